The maximum Gasteiger partial charge on any atom is 0.280 e. The molecule has 3 aromatic rings. The van der Waals surface area contributed by atoms with Gasteiger partial charge in [0.1, 0.15) is 17.2 Å². The standard InChI is InChI=1S/C19H16F2N4O/c1-11-6-7-22-10-14(11)13-8-12(2)23-16(9-13)19(26)25-17-5-3-4-15(24-17)18(20)21/h3-10,18H,1-2H3,(H,24,25,26). The summed E-state index contributed by atoms with van der Waals surface area (Å²) in [6.07, 6.45) is 0.714. The Morgan fingerprint density at radius 2 is 1.92 bits per heavy atom. The zero-order valence-corrected chi connectivity index (χ0v) is 14.2. The number of carbonyl (C=O) groups is 1. The van der Waals surface area contributed by atoms with E-state index in [1.54, 1.807) is 25.4 Å². The van der Waals surface area contributed by atoms with Gasteiger partial charge in [-0.25, -0.2) is 18.7 Å². The summed E-state index contributed by atoms with van der Waals surface area (Å²) in [5.74, 6) is -0.467. The molecular formula is C19H16F2N4O. The summed E-state index contributed by atoms with van der Waals surface area (Å²) in [5.41, 5.74) is 3.15. The first-order valence-electron chi connectivity index (χ1n) is 7.90. The summed E-state index contributed by atoms with van der Waals surface area (Å²) in [6.45, 7) is 3.73. The van der Waals surface area contributed by atoms with Crippen molar-refractivity contribution in [3.05, 3.63) is 71.4 Å². The average Bonchev–Trinajstić information content (AvgIpc) is 2.61. The number of anilines is 1. The first kappa shape index (κ1) is 17.6. The van der Waals surface area contributed by atoms with Crippen LogP contribution in [0.15, 0.2) is 48.8 Å². The van der Waals surface area contributed by atoms with Gasteiger partial charge in [0.25, 0.3) is 12.3 Å². The van der Waals surface area contributed by atoms with Gasteiger partial charge in [-0.05, 0) is 55.3 Å². The Morgan fingerprint density at radius 3 is 2.65 bits per heavy atom. The van der Waals surface area contributed by atoms with E-state index in [0.717, 1.165) is 16.7 Å². The molecule has 0 bridgehead atoms. The molecule has 0 aliphatic heterocycles. The number of hydrogen-bond donors (Lipinski definition) is 1. The van der Waals surface area contributed by atoms with Crippen LogP contribution in [0.3, 0.4) is 0 Å². The fourth-order valence-corrected chi connectivity index (χ4v) is 2.53. The zero-order chi connectivity index (χ0) is 18.7. The lowest BCUT2D eigenvalue weighted by Gasteiger charge is -2.10. The summed E-state index contributed by atoms with van der Waals surface area (Å²) >= 11 is 0. The number of nitrogens with zero attached hydrogens (tertiary/aromatic N) is 3. The van der Waals surface area contributed by atoms with Crippen LogP contribution in [-0.4, -0.2) is 20.9 Å². The van der Waals surface area contributed by atoms with Crippen molar-refractivity contribution in [3.63, 3.8) is 0 Å². The molecule has 132 valence electrons. The molecule has 1 amide bonds. The van der Waals surface area contributed by atoms with Gasteiger partial charge in [0, 0.05) is 23.7 Å². The van der Waals surface area contributed by atoms with Crippen molar-refractivity contribution in [1.82, 2.24) is 15.0 Å². The number of halogens is 2. The lowest BCUT2D eigenvalue weighted by Crippen LogP contribution is -2.15. The summed E-state index contributed by atoms with van der Waals surface area (Å²) < 4.78 is 25.5. The van der Waals surface area contributed by atoms with E-state index >= 15 is 0 Å². The van der Waals surface area contributed by atoms with E-state index in [2.05, 4.69) is 20.3 Å². The molecule has 3 heterocycles. The van der Waals surface area contributed by atoms with E-state index in [0.29, 0.717) is 5.69 Å². The molecule has 1 N–H and O–H groups in total. The fourth-order valence-electron chi connectivity index (χ4n) is 2.53. The van der Waals surface area contributed by atoms with Gasteiger partial charge in [0.05, 0.1) is 0 Å². The molecular weight excluding hydrogens is 338 g/mol. The second-order valence-electron chi connectivity index (χ2n) is 5.78. The highest BCUT2D eigenvalue weighted by Crippen LogP contribution is 2.24. The lowest BCUT2D eigenvalue weighted by atomic mass is 10.0. The molecule has 0 unspecified atom stereocenters. The molecule has 5 nitrogen and oxygen atoms in total. The number of pyridine rings is 3. The van der Waals surface area contributed by atoms with Crippen molar-refractivity contribution in [3.8, 4) is 11.1 Å². The second kappa shape index (κ2) is 7.35. The fraction of sp³-hybridized carbons (Fsp3) is 0.158. The molecule has 26 heavy (non-hydrogen) atoms. The monoisotopic (exact) mass is 354 g/mol. The van der Waals surface area contributed by atoms with E-state index in [9.17, 15) is 13.6 Å². The molecule has 0 fully saturated rings. The van der Waals surface area contributed by atoms with Crippen molar-refractivity contribution in [2.45, 2.75) is 20.3 Å². The van der Waals surface area contributed by atoms with Crippen LogP contribution in [0.2, 0.25) is 0 Å². The number of carbonyl (C=O) groups excluding carboxylic acids is 1. The predicted molar refractivity (Wildman–Crippen MR) is 94.1 cm³/mol. The SMILES string of the molecule is Cc1cc(-c2cnccc2C)cc(C(=O)Nc2cccc(C(F)F)n2)n1. The Labute approximate surface area is 149 Å². The van der Waals surface area contributed by atoms with Crippen LogP contribution >= 0.6 is 0 Å². The minimum atomic E-state index is -2.70. The Bertz CT molecular complexity index is 960. The molecule has 0 radical (unpaired) electrons. The normalized spacial score (nSPS) is 10.8. The maximum atomic E-state index is 12.7. The molecule has 3 rings (SSSR count). The topological polar surface area (TPSA) is 67.8 Å². The number of rotatable bonds is 4. The molecule has 7 heteroatoms. The Balaban J connectivity index is 1.91. The summed E-state index contributed by atoms with van der Waals surface area (Å²) in [6, 6.07) is 9.45. The van der Waals surface area contributed by atoms with Gasteiger partial charge in [-0.15, -0.1) is 0 Å². The Morgan fingerprint density at radius 1 is 1.12 bits per heavy atom. The van der Waals surface area contributed by atoms with Crippen LogP contribution in [0.25, 0.3) is 11.1 Å². The van der Waals surface area contributed by atoms with Gasteiger partial charge in [-0.3, -0.25) is 9.78 Å². The van der Waals surface area contributed by atoms with Gasteiger partial charge in [-0.2, -0.15) is 0 Å². The minimum absolute atomic E-state index is 0.0511. The number of aromatic nitrogens is 3. The summed E-state index contributed by atoms with van der Waals surface area (Å²) in [5, 5.41) is 2.51. The number of aryl methyl sites for hydroxylation is 2. The first-order valence-corrected chi connectivity index (χ1v) is 7.90. The van der Waals surface area contributed by atoms with E-state index < -0.39 is 18.0 Å². The third kappa shape index (κ3) is 3.88. The molecule has 0 atom stereocenters. The molecule has 0 aliphatic rings. The quantitative estimate of drug-likeness (QED) is 0.756. The van der Waals surface area contributed by atoms with Crippen LogP contribution < -0.4 is 5.32 Å². The third-order valence-electron chi connectivity index (χ3n) is 3.77. The van der Waals surface area contributed by atoms with E-state index in [1.165, 1.54) is 18.2 Å². The average molecular weight is 354 g/mol. The van der Waals surface area contributed by atoms with Crippen LogP contribution in [0.4, 0.5) is 14.6 Å². The number of hydrogen-bond acceptors (Lipinski definition) is 4. The highest BCUT2D eigenvalue weighted by Gasteiger charge is 2.14. The van der Waals surface area contributed by atoms with Crippen molar-refractivity contribution in [2.24, 2.45) is 0 Å². The van der Waals surface area contributed by atoms with Crippen molar-refractivity contribution in [2.75, 3.05) is 5.32 Å². The summed E-state index contributed by atoms with van der Waals surface area (Å²) in [7, 11) is 0. The third-order valence-corrected chi connectivity index (χ3v) is 3.77. The number of alkyl halides is 2. The smallest absolute Gasteiger partial charge is 0.280 e. The Hall–Kier alpha value is -3.22. The molecule has 3 aromatic heterocycles. The predicted octanol–water partition coefficient (Wildman–Crippen LogP) is 4.35. The zero-order valence-electron chi connectivity index (χ0n) is 14.2. The molecule has 0 spiro atoms. The van der Waals surface area contributed by atoms with Crippen LogP contribution in [-0.2, 0) is 0 Å². The van der Waals surface area contributed by atoms with Crippen molar-refractivity contribution >= 4 is 11.7 Å². The first-order chi connectivity index (χ1) is 12.4. The Kier molecular flexibility index (Phi) is 4.97. The van der Waals surface area contributed by atoms with Crippen molar-refractivity contribution < 1.29 is 13.6 Å². The van der Waals surface area contributed by atoms with E-state index in [4.69, 9.17) is 0 Å². The lowest BCUT2D eigenvalue weighted by molar-refractivity contribution is 0.102. The highest BCUT2D eigenvalue weighted by atomic mass is 19.3. The molecule has 0 aliphatic carbocycles. The molecule has 0 saturated heterocycles. The minimum Gasteiger partial charge on any atom is -0.305 e. The van der Waals surface area contributed by atoms with Crippen LogP contribution in [0.5, 0.6) is 0 Å². The molecule has 0 saturated carbocycles. The van der Waals surface area contributed by atoms with Crippen LogP contribution in [0.1, 0.15) is 33.9 Å². The number of amides is 1. The van der Waals surface area contributed by atoms with E-state index in [1.807, 2.05) is 19.1 Å². The highest BCUT2D eigenvalue weighted by molar-refractivity contribution is 6.03. The van der Waals surface area contributed by atoms with Gasteiger partial charge in [0.2, 0.25) is 0 Å². The second-order valence-corrected chi connectivity index (χ2v) is 5.78. The van der Waals surface area contributed by atoms with E-state index in [-0.39, 0.29) is 11.5 Å². The number of nitrogens with one attached hydrogen (secondary N) is 1. The molecule has 0 aromatic carbocycles. The van der Waals surface area contributed by atoms with Gasteiger partial charge < -0.3 is 5.32 Å². The van der Waals surface area contributed by atoms with Crippen LogP contribution in [0, 0.1) is 13.8 Å². The van der Waals surface area contributed by atoms with Gasteiger partial charge in [0.15, 0.2) is 0 Å². The summed E-state index contributed by atoms with van der Waals surface area (Å²) in [4.78, 5) is 24.6. The van der Waals surface area contributed by atoms with Gasteiger partial charge in [-0.1, -0.05) is 6.07 Å². The van der Waals surface area contributed by atoms with Crippen molar-refractivity contribution in [1.29, 1.82) is 0 Å². The van der Waals surface area contributed by atoms with Gasteiger partial charge >= 0.3 is 0 Å². The largest absolute Gasteiger partial charge is 0.305 e. The maximum absolute atomic E-state index is 12.7.